The summed E-state index contributed by atoms with van der Waals surface area (Å²) in [6.07, 6.45) is 4.02. The summed E-state index contributed by atoms with van der Waals surface area (Å²) in [5.74, 6) is 0. The summed E-state index contributed by atoms with van der Waals surface area (Å²) in [5.41, 5.74) is 0. The van der Waals surface area contributed by atoms with E-state index in [9.17, 15) is 0 Å². The van der Waals surface area contributed by atoms with Gasteiger partial charge >= 0.3 is 29.6 Å². The summed E-state index contributed by atoms with van der Waals surface area (Å²) in [4.78, 5) is 2.32. The number of β-amino-alcohol motifs (C(OH)–C–C–N with tert-alkyl or cyclic N) is 1. The number of likely N-dealkylation sites (tertiary alicyclic amines) is 1. The Bertz CT molecular complexity index is 71.3. The molecule has 0 aromatic rings. The molecule has 1 N–H and O–H groups in total. The van der Waals surface area contributed by atoms with E-state index < -0.39 is 0 Å². The Hall–Kier alpha value is 0.920. The van der Waals surface area contributed by atoms with Crippen LogP contribution in [-0.4, -0.2) is 65.8 Å². The minimum atomic E-state index is 0. The van der Waals surface area contributed by atoms with E-state index in [0.717, 1.165) is 6.54 Å². The Balaban J connectivity index is 0.000000810. The summed E-state index contributed by atoms with van der Waals surface area (Å²) in [7, 11) is 0. The van der Waals surface area contributed by atoms with Gasteiger partial charge in [-0.3, -0.25) is 0 Å². The first kappa shape index (κ1) is 10.9. The maximum atomic E-state index is 8.58. The molecule has 1 fully saturated rings. The van der Waals surface area contributed by atoms with Gasteiger partial charge in [-0.25, -0.2) is 0 Å². The zero-order valence-corrected chi connectivity index (χ0v) is 5.84. The maximum absolute atomic E-state index is 8.58. The second-order valence-electron chi connectivity index (χ2n) is 2.63. The molecule has 0 saturated carbocycles. The monoisotopic (exact) mass is 153 g/mol. The van der Waals surface area contributed by atoms with Crippen LogP contribution in [0.25, 0.3) is 0 Å². The van der Waals surface area contributed by atoms with Crippen LogP contribution in [0, 0.1) is 0 Å². The number of hydrogen-bond donors (Lipinski definition) is 1. The molecule has 0 aliphatic carbocycles. The number of aliphatic hydroxyl groups is 1. The van der Waals surface area contributed by atoms with Crippen molar-refractivity contribution >= 4 is 29.6 Å². The second kappa shape index (κ2) is 6.62. The van der Waals surface area contributed by atoms with Gasteiger partial charge < -0.3 is 10.0 Å². The third kappa shape index (κ3) is 3.94. The van der Waals surface area contributed by atoms with E-state index in [1.54, 1.807) is 0 Å². The Kier molecular flexibility index (Phi) is 7.23. The van der Waals surface area contributed by atoms with Crippen LogP contribution in [0.1, 0.15) is 19.3 Å². The van der Waals surface area contributed by atoms with E-state index in [-0.39, 0.29) is 29.6 Å². The Labute approximate surface area is 84.9 Å². The molecule has 2 nitrogen and oxygen atoms in total. The summed E-state index contributed by atoms with van der Waals surface area (Å²) < 4.78 is 0. The van der Waals surface area contributed by atoms with Gasteiger partial charge in [-0.15, -0.1) is 0 Å². The zero-order chi connectivity index (χ0) is 6.53. The van der Waals surface area contributed by atoms with Gasteiger partial charge in [0, 0.05) is 6.54 Å². The van der Waals surface area contributed by atoms with Gasteiger partial charge in [-0.1, -0.05) is 6.42 Å². The van der Waals surface area contributed by atoms with Crippen molar-refractivity contribution in [3.8, 4) is 0 Å². The predicted molar refractivity (Wildman–Crippen MR) is 44.5 cm³/mol. The standard InChI is InChI=1S/C7H15NO.Na.H/c9-7-6-8-4-2-1-3-5-8;;/h9H,1-7H2;;. The summed E-state index contributed by atoms with van der Waals surface area (Å²) in [6, 6.07) is 0. The average molecular weight is 153 g/mol. The molecule has 1 aliphatic heterocycles. The van der Waals surface area contributed by atoms with Crippen molar-refractivity contribution in [2.24, 2.45) is 0 Å². The normalized spacial score (nSPS) is 20.1. The molecule has 0 unspecified atom stereocenters. The fourth-order valence-electron chi connectivity index (χ4n) is 1.32. The Morgan fingerprint density at radius 2 is 1.70 bits per heavy atom. The van der Waals surface area contributed by atoms with Crippen LogP contribution in [0.2, 0.25) is 0 Å². The summed E-state index contributed by atoms with van der Waals surface area (Å²) >= 11 is 0. The van der Waals surface area contributed by atoms with E-state index in [2.05, 4.69) is 4.90 Å². The van der Waals surface area contributed by atoms with Crippen molar-refractivity contribution in [3.05, 3.63) is 0 Å². The van der Waals surface area contributed by atoms with Crippen LogP contribution in [0.3, 0.4) is 0 Å². The molecule has 0 amide bonds. The molecule has 1 saturated heterocycles. The van der Waals surface area contributed by atoms with E-state index in [1.807, 2.05) is 0 Å². The number of aliphatic hydroxyl groups excluding tert-OH is 1. The van der Waals surface area contributed by atoms with Crippen molar-refractivity contribution in [2.45, 2.75) is 19.3 Å². The van der Waals surface area contributed by atoms with Gasteiger partial charge in [0.15, 0.2) is 0 Å². The third-order valence-electron chi connectivity index (χ3n) is 1.86. The van der Waals surface area contributed by atoms with E-state index in [4.69, 9.17) is 5.11 Å². The topological polar surface area (TPSA) is 23.5 Å². The van der Waals surface area contributed by atoms with Gasteiger partial charge in [0.05, 0.1) is 6.61 Å². The quantitative estimate of drug-likeness (QED) is 0.556. The van der Waals surface area contributed by atoms with Crippen molar-refractivity contribution in [2.75, 3.05) is 26.2 Å². The first-order valence-electron chi connectivity index (χ1n) is 3.76. The van der Waals surface area contributed by atoms with Crippen LogP contribution in [-0.2, 0) is 0 Å². The number of nitrogens with zero attached hydrogens (tertiary/aromatic N) is 1. The van der Waals surface area contributed by atoms with E-state index >= 15 is 0 Å². The third-order valence-corrected chi connectivity index (χ3v) is 1.86. The molecule has 0 aromatic heterocycles. The summed E-state index contributed by atoms with van der Waals surface area (Å²) in [6.45, 7) is 3.58. The van der Waals surface area contributed by atoms with Crippen molar-refractivity contribution in [3.63, 3.8) is 0 Å². The fraction of sp³-hybridized carbons (Fsp3) is 1.00. The van der Waals surface area contributed by atoms with Crippen LogP contribution in [0.15, 0.2) is 0 Å². The molecule has 0 atom stereocenters. The Morgan fingerprint density at radius 3 is 2.20 bits per heavy atom. The van der Waals surface area contributed by atoms with Crippen LogP contribution in [0.5, 0.6) is 0 Å². The molecule has 56 valence electrons. The van der Waals surface area contributed by atoms with Crippen LogP contribution in [0.4, 0.5) is 0 Å². The van der Waals surface area contributed by atoms with E-state index in [0.29, 0.717) is 6.61 Å². The molecule has 10 heavy (non-hydrogen) atoms. The first-order valence-corrected chi connectivity index (χ1v) is 3.76. The predicted octanol–water partition coefficient (Wildman–Crippen LogP) is -0.184. The fourth-order valence-corrected chi connectivity index (χ4v) is 1.32. The molecule has 0 bridgehead atoms. The molecule has 3 heteroatoms. The second-order valence-corrected chi connectivity index (χ2v) is 2.63. The molecule has 1 heterocycles. The number of piperidine rings is 1. The van der Waals surface area contributed by atoms with Crippen LogP contribution >= 0.6 is 0 Å². The zero-order valence-electron chi connectivity index (χ0n) is 5.84. The Morgan fingerprint density at radius 1 is 1.10 bits per heavy atom. The van der Waals surface area contributed by atoms with Gasteiger partial charge in [0.2, 0.25) is 0 Å². The average Bonchev–Trinajstić information content (AvgIpc) is 1.91. The molecule has 0 radical (unpaired) electrons. The molecular formula is C7H16NNaO. The molecule has 0 spiro atoms. The molecule has 1 rings (SSSR count). The molecular weight excluding hydrogens is 137 g/mol. The van der Waals surface area contributed by atoms with Gasteiger partial charge in [-0.05, 0) is 25.9 Å². The summed E-state index contributed by atoms with van der Waals surface area (Å²) in [5, 5.41) is 8.58. The molecule has 1 aliphatic rings. The van der Waals surface area contributed by atoms with Crippen molar-refractivity contribution in [1.82, 2.24) is 4.90 Å². The van der Waals surface area contributed by atoms with Gasteiger partial charge in [0.25, 0.3) is 0 Å². The van der Waals surface area contributed by atoms with Crippen LogP contribution < -0.4 is 0 Å². The number of rotatable bonds is 2. The van der Waals surface area contributed by atoms with Gasteiger partial charge in [0.1, 0.15) is 0 Å². The van der Waals surface area contributed by atoms with Crippen molar-refractivity contribution in [1.29, 1.82) is 0 Å². The molecule has 0 aromatic carbocycles. The van der Waals surface area contributed by atoms with Crippen molar-refractivity contribution < 1.29 is 5.11 Å². The number of hydrogen-bond acceptors (Lipinski definition) is 2. The SMILES string of the molecule is OCCN1CCCCC1.[NaH]. The van der Waals surface area contributed by atoms with Gasteiger partial charge in [-0.2, -0.15) is 0 Å². The van der Waals surface area contributed by atoms with E-state index in [1.165, 1.54) is 32.4 Å². The first-order chi connectivity index (χ1) is 4.43. The minimum absolute atomic E-state index is 0.